The van der Waals surface area contributed by atoms with Crippen molar-refractivity contribution in [2.24, 2.45) is 0 Å². The zero-order valence-electron chi connectivity index (χ0n) is 8.78. The lowest BCUT2D eigenvalue weighted by molar-refractivity contribution is -0.0519. The summed E-state index contributed by atoms with van der Waals surface area (Å²) < 4.78 is 34.1. The van der Waals surface area contributed by atoms with Gasteiger partial charge in [0.25, 0.3) is 0 Å². The Kier molecular flexibility index (Phi) is 5.56. The Balaban J connectivity index is 3.32. The summed E-state index contributed by atoms with van der Waals surface area (Å²) in [5, 5.41) is 0.258. The van der Waals surface area contributed by atoms with Crippen molar-refractivity contribution in [2.45, 2.75) is 19.4 Å². The normalized spacial score (nSPS) is 10.8. The maximum atomic E-state index is 12.3. The third kappa shape index (κ3) is 3.50. The molecular formula is C10H9Cl3F2O2. The lowest BCUT2D eigenvalue weighted by atomic mass is 10.2. The molecule has 2 nitrogen and oxygen atoms in total. The molecule has 0 saturated carbocycles. The van der Waals surface area contributed by atoms with Crippen LogP contribution < -0.4 is 9.47 Å². The maximum Gasteiger partial charge on any atom is 0.387 e. The summed E-state index contributed by atoms with van der Waals surface area (Å²) in [6.07, 6.45) is 0. The molecule has 1 aromatic rings. The van der Waals surface area contributed by atoms with Crippen molar-refractivity contribution in [3.8, 4) is 11.5 Å². The lowest BCUT2D eigenvalue weighted by Crippen LogP contribution is -2.07. The minimum Gasteiger partial charge on any atom is -0.490 e. The van der Waals surface area contributed by atoms with E-state index in [1.807, 2.05) is 0 Å². The van der Waals surface area contributed by atoms with E-state index in [2.05, 4.69) is 4.74 Å². The fraction of sp³-hybridized carbons (Fsp3) is 0.400. The zero-order chi connectivity index (χ0) is 13.0. The third-order valence-corrected chi connectivity index (χ3v) is 2.96. The van der Waals surface area contributed by atoms with Gasteiger partial charge in [-0.05, 0) is 6.92 Å². The predicted octanol–water partition coefficient (Wildman–Crippen LogP) is 4.73. The van der Waals surface area contributed by atoms with Gasteiger partial charge in [0.05, 0.1) is 22.5 Å². The number of hydrogen-bond donors (Lipinski definition) is 0. The average Bonchev–Trinajstić information content (AvgIpc) is 2.25. The number of benzene rings is 1. The number of halogens is 5. The summed E-state index contributed by atoms with van der Waals surface area (Å²) in [4.78, 5) is 0. The molecule has 1 rings (SSSR count). The zero-order valence-corrected chi connectivity index (χ0v) is 11.0. The molecule has 0 bridgehead atoms. The van der Waals surface area contributed by atoms with Crippen LogP contribution in [0.5, 0.6) is 11.5 Å². The average molecular weight is 306 g/mol. The summed E-state index contributed by atoms with van der Waals surface area (Å²) >= 11 is 17.3. The second-order valence-electron chi connectivity index (χ2n) is 2.92. The lowest BCUT2D eigenvalue weighted by Gasteiger charge is -2.16. The standard InChI is InChI=1S/C10H9Cl3F2O2/c1-2-16-7-3-6(12)8(13)5(4-11)9(7)17-10(14)15/h3,10H,2,4H2,1H3. The van der Waals surface area contributed by atoms with Crippen LogP contribution in [-0.2, 0) is 5.88 Å². The van der Waals surface area contributed by atoms with Gasteiger partial charge in [-0.25, -0.2) is 0 Å². The fourth-order valence-electron chi connectivity index (χ4n) is 1.24. The van der Waals surface area contributed by atoms with Gasteiger partial charge < -0.3 is 9.47 Å². The molecular weight excluding hydrogens is 296 g/mol. The fourth-order valence-corrected chi connectivity index (χ4v) is 1.98. The second kappa shape index (κ2) is 6.47. The van der Waals surface area contributed by atoms with Crippen molar-refractivity contribution in [1.82, 2.24) is 0 Å². The van der Waals surface area contributed by atoms with Gasteiger partial charge in [-0.2, -0.15) is 8.78 Å². The molecule has 0 unspecified atom stereocenters. The van der Waals surface area contributed by atoms with E-state index in [1.54, 1.807) is 6.92 Å². The molecule has 0 atom stereocenters. The molecule has 0 aromatic heterocycles. The summed E-state index contributed by atoms with van der Waals surface area (Å²) in [6.45, 7) is -1.01. The van der Waals surface area contributed by atoms with E-state index in [4.69, 9.17) is 39.5 Å². The van der Waals surface area contributed by atoms with Gasteiger partial charge >= 0.3 is 6.61 Å². The van der Waals surface area contributed by atoms with E-state index in [0.717, 1.165) is 0 Å². The SMILES string of the molecule is CCOc1cc(Cl)c(Cl)c(CCl)c1OC(F)F. The third-order valence-electron chi connectivity index (χ3n) is 1.87. The molecule has 0 radical (unpaired) electrons. The van der Waals surface area contributed by atoms with Crippen LogP contribution in [0, 0.1) is 0 Å². The van der Waals surface area contributed by atoms with Crippen LogP contribution in [0.4, 0.5) is 8.78 Å². The van der Waals surface area contributed by atoms with Gasteiger partial charge in [-0.1, -0.05) is 23.2 Å². The topological polar surface area (TPSA) is 18.5 Å². The first-order chi connectivity index (χ1) is 8.01. The Morgan fingerprint density at radius 3 is 2.47 bits per heavy atom. The van der Waals surface area contributed by atoms with Crippen LogP contribution in [0.3, 0.4) is 0 Å². The Labute approximate surface area is 112 Å². The predicted molar refractivity (Wildman–Crippen MR) is 63.8 cm³/mol. The van der Waals surface area contributed by atoms with E-state index in [-0.39, 0.29) is 39.6 Å². The largest absolute Gasteiger partial charge is 0.490 e. The van der Waals surface area contributed by atoms with Gasteiger partial charge in [0.15, 0.2) is 11.5 Å². The second-order valence-corrected chi connectivity index (χ2v) is 3.98. The van der Waals surface area contributed by atoms with E-state index in [9.17, 15) is 8.78 Å². The molecule has 0 aliphatic heterocycles. The van der Waals surface area contributed by atoms with Gasteiger partial charge in [0, 0.05) is 11.6 Å². The quantitative estimate of drug-likeness (QED) is 0.732. The first kappa shape index (κ1) is 14.6. The number of rotatable bonds is 5. The Morgan fingerprint density at radius 1 is 1.35 bits per heavy atom. The smallest absolute Gasteiger partial charge is 0.387 e. The van der Waals surface area contributed by atoms with Gasteiger partial charge in [-0.3, -0.25) is 0 Å². The van der Waals surface area contributed by atoms with E-state index in [0.29, 0.717) is 0 Å². The van der Waals surface area contributed by atoms with Crippen molar-refractivity contribution in [3.05, 3.63) is 21.7 Å². The first-order valence-electron chi connectivity index (χ1n) is 4.65. The molecule has 0 spiro atoms. The van der Waals surface area contributed by atoms with E-state index in [1.165, 1.54) is 6.07 Å². The highest BCUT2D eigenvalue weighted by Crippen LogP contribution is 2.42. The molecule has 0 saturated heterocycles. The van der Waals surface area contributed by atoms with E-state index >= 15 is 0 Å². The molecule has 0 aliphatic rings. The molecule has 0 fully saturated rings. The van der Waals surface area contributed by atoms with Crippen molar-refractivity contribution >= 4 is 34.8 Å². The molecule has 0 aliphatic carbocycles. The van der Waals surface area contributed by atoms with Gasteiger partial charge in [-0.15, -0.1) is 11.6 Å². The molecule has 0 heterocycles. The van der Waals surface area contributed by atoms with Crippen LogP contribution in [0.2, 0.25) is 10.0 Å². The Hall–Kier alpha value is -0.450. The summed E-state index contributed by atoms with van der Waals surface area (Å²) in [5.74, 6) is -0.189. The van der Waals surface area contributed by atoms with Crippen LogP contribution in [0.15, 0.2) is 6.07 Å². The minimum absolute atomic E-state index is 0.0840. The molecule has 0 amide bonds. The van der Waals surface area contributed by atoms with Gasteiger partial charge in [0.2, 0.25) is 0 Å². The van der Waals surface area contributed by atoms with Crippen molar-refractivity contribution in [3.63, 3.8) is 0 Å². The highest BCUT2D eigenvalue weighted by atomic mass is 35.5. The molecule has 17 heavy (non-hydrogen) atoms. The maximum absolute atomic E-state index is 12.3. The summed E-state index contributed by atoms with van der Waals surface area (Å²) in [7, 11) is 0. The Bertz CT molecular complexity index is 400. The van der Waals surface area contributed by atoms with E-state index < -0.39 is 6.61 Å². The number of ether oxygens (including phenoxy) is 2. The molecule has 7 heteroatoms. The monoisotopic (exact) mass is 304 g/mol. The van der Waals surface area contributed by atoms with Crippen molar-refractivity contribution < 1.29 is 18.3 Å². The number of hydrogen-bond acceptors (Lipinski definition) is 2. The number of alkyl halides is 3. The summed E-state index contributed by atoms with van der Waals surface area (Å²) in [6, 6.07) is 1.32. The molecule has 0 N–H and O–H groups in total. The van der Waals surface area contributed by atoms with Crippen molar-refractivity contribution in [2.75, 3.05) is 6.61 Å². The minimum atomic E-state index is -2.99. The van der Waals surface area contributed by atoms with Gasteiger partial charge in [0.1, 0.15) is 0 Å². The van der Waals surface area contributed by atoms with Crippen LogP contribution in [0.25, 0.3) is 0 Å². The highest BCUT2D eigenvalue weighted by molar-refractivity contribution is 6.43. The highest BCUT2D eigenvalue weighted by Gasteiger charge is 2.20. The van der Waals surface area contributed by atoms with Crippen LogP contribution in [0.1, 0.15) is 12.5 Å². The van der Waals surface area contributed by atoms with Crippen LogP contribution >= 0.6 is 34.8 Å². The summed E-state index contributed by atoms with van der Waals surface area (Å²) in [5.41, 5.74) is 0.185. The van der Waals surface area contributed by atoms with Crippen molar-refractivity contribution in [1.29, 1.82) is 0 Å². The molecule has 96 valence electrons. The first-order valence-corrected chi connectivity index (χ1v) is 5.94. The molecule has 1 aromatic carbocycles. The Morgan fingerprint density at radius 2 is 2.00 bits per heavy atom. The van der Waals surface area contributed by atoms with Crippen LogP contribution in [-0.4, -0.2) is 13.2 Å².